The van der Waals surface area contributed by atoms with Crippen LogP contribution in [0.25, 0.3) is 0 Å². The summed E-state index contributed by atoms with van der Waals surface area (Å²) < 4.78 is 5.58. The van der Waals surface area contributed by atoms with Gasteiger partial charge < -0.3 is 14.6 Å². The molecule has 5 heteroatoms. The second-order valence-electron chi connectivity index (χ2n) is 4.55. The van der Waals surface area contributed by atoms with Crippen LogP contribution < -0.4 is 10.2 Å². The molecule has 17 heavy (non-hydrogen) atoms. The van der Waals surface area contributed by atoms with Gasteiger partial charge in [0, 0.05) is 13.6 Å². The molecular weight excluding hydrogens is 216 g/mol. The number of hydrogen-bond donors (Lipinski definition) is 1. The van der Waals surface area contributed by atoms with E-state index in [1.807, 2.05) is 11.9 Å². The van der Waals surface area contributed by atoms with Gasteiger partial charge in [-0.3, -0.25) is 0 Å². The Balaban J connectivity index is 2.43. The maximum Gasteiger partial charge on any atom is 0.317 e. The fourth-order valence-corrected chi connectivity index (χ4v) is 1.52. The largest absolute Gasteiger partial charge is 0.407 e. The summed E-state index contributed by atoms with van der Waals surface area (Å²) in [6, 6.07) is 0.610. The molecule has 0 bridgehead atoms. The minimum absolute atomic E-state index is 0.610. The van der Waals surface area contributed by atoms with Gasteiger partial charge in [0.2, 0.25) is 5.89 Å². The summed E-state index contributed by atoms with van der Waals surface area (Å²) in [5.41, 5.74) is 0. The third-order valence-corrected chi connectivity index (χ3v) is 2.77. The fourth-order valence-electron chi connectivity index (χ4n) is 1.52. The van der Waals surface area contributed by atoms with Crippen molar-refractivity contribution in [3.05, 3.63) is 5.89 Å². The SMILES string of the molecule is CCCNCc1nnc(N(C)CC(C)CC)o1. The van der Waals surface area contributed by atoms with Gasteiger partial charge in [0.15, 0.2) is 0 Å². The molecule has 0 aliphatic rings. The Morgan fingerprint density at radius 1 is 1.35 bits per heavy atom. The van der Waals surface area contributed by atoms with Crippen LogP contribution in [-0.4, -0.2) is 30.3 Å². The van der Waals surface area contributed by atoms with Gasteiger partial charge in [0.1, 0.15) is 0 Å². The number of hydrogen-bond acceptors (Lipinski definition) is 5. The number of rotatable bonds is 8. The molecule has 0 saturated heterocycles. The van der Waals surface area contributed by atoms with Crippen LogP contribution in [-0.2, 0) is 6.54 Å². The lowest BCUT2D eigenvalue weighted by molar-refractivity contribution is 0.454. The Labute approximate surface area is 104 Å². The molecular formula is C12H24N4O. The van der Waals surface area contributed by atoms with Crippen LogP contribution in [0.15, 0.2) is 4.42 Å². The van der Waals surface area contributed by atoms with Crippen LogP contribution in [0.3, 0.4) is 0 Å². The van der Waals surface area contributed by atoms with E-state index in [-0.39, 0.29) is 0 Å². The van der Waals surface area contributed by atoms with Crippen LogP contribution in [0, 0.1) is 5.92 Å². The maximum atomic E-state index is 5.58. The van der Waals surface area contributed by atoms with Crippen LogP contribution in [0.5, 0.6) is 0 Å². The van der Waals surface area contributed by atoms with E-state index >= 15 is 0 Å². The van der Waals surface area contributed by atoms with Crippen LogP contribution in [0.2, 0.25) is 0 Å². The zero-order valence-electron chi connectivity index (χ0n) is 11.4. The van der Waals surface area contributed by atoms with Gasteiger partial charge in [-0.05, 0) is 18.9 Å². The smallest absolute Gasteiger partial charge is 0.317 e. The summed E-state index contributed by atoms with van der Waals surface area (Å²) in [5, 5.41) is 11.3. The highest BCUT2D eigenvalue weighted by atomic mass is 16.4. The first-order valence-corrected chi connectivity index (χ1v) is 6.41. The maximum absolute atomic E-state index is 5.58. The molecule has 1 aromatic heterocycles. The second-order valence-corrected chi connectivity index (χ2v) is 4.55. The molecule has 0 saturated carbocycles. The summed E-state index contributed by atoms with van der Waals surface area (Å²) in [6.07, 6.45) is 2.26. The first kappa shape index (κ1) is 14.0. The molecule has 0 aliphatic heterocycles. The molecule has 1 aromatic rings. The Hall–Kier alpha value is -1.10. The van der Waals surface area contributed by atoms with Crippen molar-refractivity contribution in [1.82, 2.24) is 15.5 Å². The molecule has 0 aromatic carbocycles. The highest BCUT2D eigenvalue weighted by Crippen LogP contribution is 2.13. The summed E-state index contributed by atoms with van der Waals surface area (Å²) in [5.74, 6) is 1.29. The first-order chi connectivity index (χ1) is 8.17. The summed E-state index contributed by atoms with van der Waals surface area (Å²) in [4.78, 5) is 2.02. The van der Waals surface area contributed by atoms with E-state index in [0.717, 1.165) is 25.9 Å². The minimum atomic E-state index is 0.610. The summed E-state index contributed by atoms with van der Waals surface area (Å²) >= 11 is 0. The van der Waals surface area contributed by atoms with Crippen LogP contribution in [0.1, 0.15) is 39.5 Å². The monoisotopic (exact) mass is 240 g/mol. The molecule has 1 N–H and O–H groups in total. The summed E-state index contributed by atoms with van der Waals surface area (Å²) in [6.45, 7) is 9.11. The third kappa shape index (κ3) is 4.73. The Kier molecular flexibility index (Phi) is 5.97. The number of anilines is 1. The molecule has 0 fully saturated rings. The van der Waals surface area contributed by atoms with E-state index in [4.69, 9.17) is 4.42 Å². The molecule has 0 aliphatic carbocycles. The highest BCUT2D eigenvalue weighted by molar-refractivity contribution is 5.21. The van der Waals surface area contributed by atoms with Crippen LogP contribution >= 0.6 is 0 Å². The molecule has 5 nitrogen and oxygen atoms in total. The van der Waals surface area contributed by atoms with Crippen molar-refractivity contribution in [2.45, 2.75) is 40.2 Å². The average Bonchev–Trinajstić information content (AvgIpc) is 2.78. The standard InChI is InChI=1S/C12H24N4O/c1-5-7-13-8-11-14-15-12(17-11)16(4)9-10(3)6-2/h10,13H,5-9H2,1-4H3. The van der Waals surface area contributed by atoms with Gasteiger partial charge >= 0.3 is 6.01 Å². The molecule has 0 spiro atoms. The normalized spacial score (nSPS) is 12.7. The van der Waals surface area contributed by atoms with Gasteiger partial charge in [-0.2, -0.15) is 0 Å². The molecule has 98 valence electrons. The zero-order valence-corrected chi connectivity index (χ0v) is 11.4. The minimum Gasteiger partial charge on any atom is -0.407 e. The van der Waals surface area contributed by atoms with Crippen molar-refractivity contribution in [2.75, 3.05) is 25.0 Å². The molecule has 0 radical (unpaired) electrons. The predicted octanol–water partition coefficient (Wildman–Crippen LogP) is 2.05. The zero-order chi connectivity index (χ0) is 12.7. The Morgan fingerprint density at radius 2 is 2.12 bits per heavy atom. The van der Waals surface area contributed by atoms with E-state index in [2.05, 4.69) is 36.3 Å². The molecule has 1 rings (SSSR count). The number of nitrogens with one attached hydrogen (secondary N) is 1. The van der Waals surface area contributed by atoms with Gasteiger partial charge in [0.05, 0.1) is 6.54 Å². The lowest BCUT2D eigenvalue weighted by atomic mass is 10.1. The van der Waals surface area contributed by atoms with Crippen molar-refractivity contribution < 1.29 is 4.42 Å². The summed E-state index contributed by atoms with van der Waals surface area (Å²) in [7, 11) is 1.99. The average molecular weight is 240 g/mol. The second kappa shape index (κ2) is 7.27. The Morgan fingerprint density at radius 3 is 2.76 bits per heavy atom. The van der Waals surface area contributed by atoms with E-state index in [1.54, 1.807) is 0 Å². The van der Waals surface area contributed by atoms with Crippen LogP contribution in [0.4, 0.5) is 6.01 Å². The van der Waals surface area contributed by atoms with Gasteiger partial charge in [-0.15, -0.1) is 5.10 Å². The predicted molar refractivity (Wildman–Crippen MR) is 69.0 cm³/mol. The van der Waals surface area contributed by atoms with Crippen molar-refractivity contribution in [1.29, 1.82) is 0 Å². The van der Waals surface area contributed by atoms with Crippen molar-refractivity contribution in [2.24, 2.45) is 5.92 Å². The molecule has 1 atom stereocenters. The highest BCUT2D eigenvalue weighted by Gasteiger charge is 2.12. The molecule has 1 heterocycles. The van der Waals surface area contributed by atoms with Crippen molar-refractivity contribution in [3.8, 4) is 0 Å². The van der Waals surface area contributed by atoms with E-state index in [9.17, 15) is 0 Å². The quantitative estimate of drug-likeness (QED) is 0.705. The lowest BCUT2D eigenvalue weighted by Crippen LogP contribution is -2.23. The fraction of sp³-hybridized carbons (Fsp3) is 0.833. The molecule has 1 unspecified atom stereocenters. The topological polar surface area (TPSA) is 54.2 Å². The number of aromatic nitrogens is 2. The van der Waals surface area contributed by atoms with Gasteiger partial charge in [0.25, 0.3) is 0 Å². The lowest BCUT2D eigenvalue weighted by Gasteiger charge is -2.17. The molecule has 0 amide bonds. The van der Waals surface area contributed by atoms with E-state index in [0.29, 0.717) is 24.4 Å². The first-order valence-electron chi connectivity index (χ1n) is 6.41. The van der Waals surface area contributed by atoms with Gasteiger partial charge in [-0.25, -0.2) is 0 Å². The Bertz CT molecular complexity index is 313. The number of nitrogens with zero attached hydrogens (tertiary/aromatic N) is 3. The van der Waals surface area contributed by atoms with E-state index in [1.165, 1.54) is 0 Å². The van der Waals surface area contributed by atoms with Crippen molar-refractivity contribution in [3.63, 3.8) is 0 Å². The van der Waals surface area contributed by atoms with Crippen molar-refractivity contribution >= 4 is 6.01 Å². The third-order valence-electron chi connectivity index (χ3n) is 2.77. The van der Waals surface area contributed by atoms with E-state index < -0.39 is 0 Å². The van der Waals surface area contributed by atoms with Gasteiger partial charge in [-0.1, -0.05) is 32.3 Å².